The molecule has 0 bridgehead atoms. The molecule has 0 radical (unpaired) electrons. The fourth-order valence-corrected chi connectivity index (χ4v) is 3.31. The lowest BCUT2D eigenvalue weighted by molar-refractivity contribution is 0.0951. The van der Waals surface area contributed by atoms with Gasteiger partial charge in [0.2, 0.25) is 0 Å². The van der Waals surface area contributed by atoms with Crippen molar-refractivity contribution in [3.63, 3.8) is 0 Å². The molecule has 0 fully saturated rings. The molecule has 162 valence electrons. The average molecular weight is 438 g/mol. The minimum atomic E-state index is -0.0828. The number of carbonyl (C=O) groups is 1. The van der Waals surface area contributed by atoms with E-state index in [0.29, 0.717) is 23.7 Å². The number of benzene rings is 2. The Morgan fingerprint density at radius 1 is 0.968 bits per heavy atom. The van der Waals surface area contributed by atoms with Gasteiger partial charge in [-0.1, -0.05) is 6.07 Å². The summed E-state index contributed by atoms with van der Waals surface area (Å²) in [6.45, 7) is 1.41. The first-order chi connectivity index (χ1) is 15.0. The summed E-state index contributed by atoms with van der Waals surface area (Å²) in [5, 5.41) is 9.44. The molecule has 1 heterocycles. The van der Waals surface area contributed by atoms with Gasteiger partial charge in [-0.05, 0) is 75.6 Å². The molecular formula is C22H27N7OS. The van der Waals surface area contributed by atoms with Gasteiger partial charge in [0.15, 0.2) is 0 Å². The summed E-state index contributed by atoms with van der Waals surface area (Å²) in [6, 6.07) is 17.2. The van der Waals surface area contributed by atoms with Gasteiger partial charge in [0, 0.05) is 41.0 Å². The third kappa shape index (κ3) is 7.25. The zero-order valence-corrected chi connectivity index (χ0v) is 18.7. The zero-order chi connectivity index (χ0) is 22.1. The van der Waals surface area contributed by atoms with Crippen LogP contribution in [0.3, 0.4) is 0 Å². The van der Waals surface area contributed by atoms with E-state index in [4.69, 9.17) is 0 Å². The van der Waals surface area contributed by atoms with Crippen LogP contribution >= 0.6 is 11.9 Å². The van der Waals surface area contributed by atoms with E-state index in [1.165, 1.54) is 6.33 Å². The maximum absolute atomic E-state index is 12.2. The molecule has 0 spiro atoms. The second-order valence-electron chi connectivity index (χ2n) is 7.01. The maximum atomic E-state index is 12.2. The predicted molar refractivity (Wildman–Crippen MR) is 127 cm³/mol. The smallest absolute Gasteiger partial charge is 0.251 e. The Balaban J connectivity index is 1.60. The third-order valence-electron chi connectivity index (χ3n) is 4.26. The summed E-state index contributed by atoms with van der Waals surface area (Å²) in [5.74, 6) is 1.25. The van der Waals surface area contributed by atoms with Gasteiger partial charge < -0.3 is 20.9 Å². The lowest BCUT2D eigenvalue weighted by Crippen LogP contribution is -2.31. The van der Waals surface area contributed by atoms with Crippen LogP contribution in [-0.2, 0) is 0 Å². The largest absolute Gasteiger partial charge is 0.351 e. The summed E-state index contributed by atoms with van der Waals surface area (Å²) in [5.41, 5.74) is 2.39. The summed E-state index contributed by atoms with van der Waals surface area (Å²) in [4.78, 5) is 23.9. The monoisotopic (exact) mass is 437 g/mol. The van der Waals surface area contributed by atoms with E-state index in [-0.39, 0.29) is 5.91 Å². The Hall–Kier alpha value is -3.14. The summed E-state index contributed by atoms with van der Waals surface area (Å²) in [6.07, 6.45) is 1.50. The quantitative estimate of drug-likeness (QED) is 0.358. The lowest BCUT2D eigenvalue weighted by atomic mass is 10.2. The lowest BCUT2D eigenvalue weighted by Gasteiger charge is -2.11. The van der Waals surface area contributed by atoms with Crippen molar-refractivity contribution in [3.8, 4) is 0 Å². The minimum absolute atomic E-state index is 0.0828. The van der Waals surface area contributed by atoms with E-state index in [9.17, 15) is 4.79 Å². The van der Waals surface area contributed by atoms with E-state index in [0.717, 1.165) is 22.8 Å². The first-order valence-electron chi connectivity index (χ1n) is 9.86. The number of nitrogens with zero attached hydrogens (tertiary/aromatic N) is 3. The van der Waals surface area contributed by atoms with Gasteiger partial charge in [0.1, 0.15) is 18.0 Å². The first-order valence-corrected chi connectivity index (χ1v) is 10.7. The average Bonchev–Trinajstić information content (AvgIpc) is 2.75. The summed E-state index contributed by atoms with van der Waals surface area (Å²) in [7, 11) is 5.83. The van der Waals surface area contributed by atoms with Crippen LogP contribution in [0, 0.1) is 0 Å². The molecule has 1 amide bonds. The van der Waals surface area contributed by atoms with E-state index in [1.807, 2.05) is 68.5 Å². The summed E-state index contributed by atoms with van der Waals surface area (Å²) >= 11 is 1.55. The number of aromatic nitrogens is 2. The number of amides is 1. The highest BCUT2D eigenvalue weighted by molar-refractivity contribution is 7.97. The molecule has 0 aliphatic heterocycles. The normalized spacial score (nSPS) is 10.7. The van der Waals surface area contributed by atoms with Crippen molar-refractivity contribution in [1.82, 2.24) is 24.9 Å². The standard InChI is InChI=1S/C22H27N7OS/c1-23-31-19-6-4-5-18(13-19)28-21-14-20(25-15-26-21)27-17-9-7-16(8-10-17)22(30)24-11-12-29(2)3/h4-10,13-15,23H,11-12H2,1-3H3,(H,24,30)(H2,25,26,27,28). The van der Waals surface area contributed by atoms with Crippen molar-refractivity contribution >= 4 is 40.9 Å². The zero-order valence-electron chi connectivity index (χ0n) is 17.8. The van der Waals surface area contributed by atoms with Gasteiger partial charge in [-0.15, -0.1) is 0 Å². The Bertz CT molecular complexity index is 995. The van der Waals surface area contributed by atoms with Gasteiger partial charge in [0.05, 0.1) is 0 Å². The Kier molecular flexibility index (Phi) is 8.22. The molecule has 0 saturated heterocycles. The van der Waals surface area contributed by atoms with Gasteiger partial charge in [-0.25, -0.2) is 9.97 Å². The van der Waals surface area contributed by atoms with Gasteiger partial charge in [0.25, 0.3) is 5.91 Å². The molecule has 3 aromatic rings. The second kappa shape index (κ2) is 11.3. The Morgan fingerprint density at radius 3 is 2.35 bits per heavy atom. The van der Waals surface area contributed by atoms with Crippen molar-refractivity contribution in [2.45, 2.75) is 4.90 Å². The van der Waals surface area contributed by atoms with Crippen LogP contribution in [0.15, 0.2) is 65.8 Å². The van der Waals surface area contributed by atoms with Gasteiger partial charge in [-0.3, -0.25) is 9.52 Å². The van der Waals surface area contributed by atoms with Crippen LogP contribution in [0.25, 0.3) is 0 Å². The van der Waals surface area contributed by atoms with Crippen molar-refractivity contribution in [2.24, 2.45) is 0 Å². The number of nitrogens with one attached hydrogen (secondary N) is 4. The molecule has 1 aromatic heterocycles. The predicted octanol–water partition coefficient (Wildman–Crippen LogP) is 3.48. The highest BCUT2D eigenvalue weighted by Crippen LogP contribution is 2.23. The molecule has 0 aliphatic carbocycles. The van der Waals surface area contributed by atoms with Crippen LogP contribution in [0.1, 0.15) is 10.4 Å². The molecule has 4 N–H and O–H groups in total. The number of likely N-dealkylation sites (N-methyl/N-ethyl adjacent to an activating group) is 1. The highest BCUT2D eigenvalue weighted by Gasteiger charge is 2.06. The molecule has 31 heavy (non-hydrogen) atoms. The maximum Gasteiger partial charge on any atom is 0.251 e. The second-order valence-corrected chi connectivity index (χ2v) is 8.09. The van der Waals surface area contributed by atoms with Crippen molar-refractivity contribution in [3.05, 3.63) is 66.5 Å². The van der Waals surface area contributed by atoms with Crippen molar-refractivity contribution < 1.29 is 4.79 Å². The fraction of sp³-hybridized carbons (Fsp3) is 0.227. The molecule has 2 aromatic carbocycles. The SMILES string of the molecule is CNSc1cccc(Nc2cc(Nc3ccc(C(=O)NCCN(C)C)cc3)ncn2)c1. The molecule has 3 rings (SSSR count). The summed E-state index contributed by atoms with van der Waals surface area (Å²) < 4.78 is 3.06. The number of carbonyl (C=O) groups excluding carboxylic acids is 1. The molecular weight excluding hydrogens is 410 g/mol. The first kappa shape index (κ1) is 22.5. The van der Waals surface area contributed by atoms with Crippen molar-refractivity contribution in [2.75, 3.05) is 44.9 Å². The highest BCUT2D eigenvalue weighted by atomic mass is 32.2. The van der Waals surface area contributed by atoms with Gasteiger partial charge in [-0.2, -0.15) is 0 Å². The number of rotatable bonds is 10. The molecule has 0 aliphatic rings. The Morgan fingerprint density at radius 2 is 1.68 bits per heavy atom. The van der Waals surface area contributed by atoms with Crippen LogP contribution in [-0.4, -0.2) is 55.0 Å². The fourth-order valence-electron chi connectivity index (χ4n) is 2.75. The molecule has 0 unspecified atom stereocenters. The topological polar surface area (TPSA) is 94.2 Å². The van der Waals surface area contributed by atoms with Crippen LogP contribution in [0.4, 0.5) is 23.0 Å². The third-order valence-corrected chi connectivity index (χ3v) is 4.95. The molecule has 0 atom stereocenters. The van der Waals surface area contributed by atoms with Crippen molar-refractivity contribution in [1.29, 1.82) is 0 Å². The molecule has 9 heteroatoms. The van der Waals surface area contributed by atoms with Crippen LogP contribution < -0.4 is 20.7 Å². The molecule has 8 nitrogen and oxygen atoms in total. The van der Waals surface area contributed by atoms with E-state index < -0.39 is 0 Å². The minimum Gasteiger partial charge on any atom is -0.351 e. The number of anilines is 4. The van der Waals surface area contributed by atoms with Crippen LogP contribution in [0.5, 0.6) is 0 Å². The van der Waals surface area contributed by atoms with E-state index in [2.05, 4.69) is 30.6 Å². The van der Waals surface area contributed by atoms with E-state index >= 15 is 0 Å². The van der Waals surface area contributed by atoms with Crippen LogP contribution in [0.2, 0.25) is 0 Å². The van der Waals surface area contributed by atoms with E-state index in [1.54, 1.807) is 24.1 Å². The van der Waals surface area contributed by atoms with Gasteiger partial charge >= 0.3 is 0 Å². The Labute approximate surface area is 187 Å². The molecule has 0 saturated carbocycles. The number of hydrogen-bond donors (Lipinski definition) is 4. The number of hydrogen-bond acceptors (Lipinski definition) is 8.